The van der Waals surface area contributed by atoms with Gasteiger partial charge < -0.3 is 19.6 Å². The number of fused-ring (bicyclic) bond motifs is 6. The maximum Gasteiger partial charge on any atom is 0.334 e. The molecule has 2 N–H and O–H groups in total. The minimum atomic E-state index is -0.859. The van der Waals surface area contributed by atoms with E-state index < -0.39 is 5.97 Å². The third-order valence-electron chi connectivity index (χ3n) is 6.67. The molecule has 6 nitrogen and oxygen atoms in total. The molecule has 3 aliphatic rings. The number of H-pyrrole nitrogens is 1. The number of aliphatic carboxylic acids is 1. The van der Waals surface area contributed by atoms with Crippen molar-refractivity contribution in [1.82, 2.24) is 9.88 Å². The van der Waals surface area contributed by atoms with Crippen LogP contribution in [0.5, 0.6) is 5.75 Å². The predicted octanol–water partition coefficient (Wildman–Crippen LogP) is 3.10. The second-order valence-corrected chi connectivity index (χ2v) is 7.92. The number of benzene rings is 1. The smallest absolute Gasteiger partial charge is 0.334 e. The molecule has 0 bridgehead atoms. The van der Waals surface area contributed by atoms with Gasteiger partial charge in [-0.05, 0) is 43.5 Å². The van der Waals surface area contributed by atoms with Crippen LogP contribution in [0.1, 0.15) is 30.6 Å². The zero-order chi connectivity index (χ0) is 18.7. The first-order chi connectivity index (χ1) is 13.1. The summed E-state index contributed by atoms with van der Waals surface area (Å²) < 4.78 is 11.1. The lowest BCUT2D eigenvalue weighted by Crippen LogP contribution is -2.51. The Morgan fingerprint density at radius 1 is 1.41 bits per heavy atom. The van der Waals surface area contributed by atoms with Crippen molar-refractivity contribution in [2.75, 3.05) is 20.2 Å². The van der Waals surface area contributed by atoms with Crippen LogP contribution >= 0.6 is 0 Å². The van der Waals surface area contributed by atoms with Crippen LogP contribution in [-0.4, -0.2) is 47.3 Å². The Bertz CT molecular complexity index is 947. The Morgan fingerprint density at radius 2 is 2.26 bits per heavy atom. The molecule has 0 unspecified atom stereocenters. The van der Waals surface area contributed by atoms with Gasteiger partial charge in [-0.25, -0.2) is 4.79 Å². The summed E-state index contributed by atoms with van der Waals surface area (Å²) in [6.07, 6.45) is 3.33. The molecule has 0 radical (unpaired) electrons. The van der Waals surface area contributed by atoms with E-state index in [1.165, 1.54) is 22.9 Å². The van der Waals surface area contributed by atoms with Crippen LogP contribution in [0.2, 0.25) is 0 Å². The van der Waals surface area contributed by atoms with Crippen LogP contribution in [-0.2, 0) is 16.0 Å². The van der Waals surface area contributed by atoms with Gasteiger partial charge in [0.05, 0.1) is 31.1 Å². The number of rotatable bonds is 2. The number of aromatic amines is 1. The number of methoxy groups -OCH3 is 1. The average Bonchev–Trinajstić information content (AvgIpc) is 3.05. The summed E-state index contributed by atoms with van der Waals surface area (Å²) >= 11 is 0. The first-order valence-corrected chi connectivity index (χ1v) is 9.58. The summed E-state index contributed by atoms with van der Waals surface area (Å²) in [6, 6.07) is 6.37. The minimum Gasteiger partial charge on any atom is -0.497 e. The molecule has 6 heteroatoms. The van der Waals surface area contributed by atoms with Crippen LogP contribution in [0.15, 0.2) is 30.0 Å². The lowest BCUT2D eigenvalue weighted by atomic mass is 9.72. The van der Waals surface area contributed by atoms with Gasteiger partial charge in [0.15, 0.2) is 0 Å². The molecule has 4 heterocycles. The molecule has 0 amide bonds. The molecule has 0 aliphatic carbocycles. The van der Waals surface area contributed by atoms with E-state index in [0.29, 0.717) is 5.57 Å². The number of carboxylic acid groups (broad SMARTS) is 1. The van der Waals surface area contributed by atoms with Crippen molar-refractivity contribution in [3.63, 3.8) is 0 Å². The number of carbonyl (C=O) groups is 1. The van der Waals surface area contributed by atoms with E-state index in [-0.39, 0.29) is 24.0 Å². The minimum absolute atomic E-state index is 0.0272. The normalized spacial score (nSPS) is 29.9. The number of ether oxygens (including phenoxy) is 2. The van der Waals surface area contributed by atoms with Crippen LogP contribution < -0.4 is 4.74 Å². The maximum absolute atomic E-state index is 11.7. The Morgan fingerprint density at radius 3 is 3.04 bits per heavy atom. The quantitative estimate of drug-likeness (QED) is 0.852. The van der Waals surface area contributed by atoms with Gasteiger partial charge in [0, 0.05) is 41.5 Å². The van der Waals surface area contributed by atoms with Crippen molar-refractivity contribution in [3.8, 4) is 5.75 Å². The summed E-state index contributed by atoms with van der Waals surface area (Å²) in [5, 5.41) is 10.9. The summed E-state index contributed by atoms with van der Waals surface area (Å²) in [7, 11) is 1.69. The van der Waals surface area contributed by atoms with Crippen molar-refractivity contribution < 1.29 is 19.4 Å². The van der Waals surface area contributed by atoms with Gasteiger partial charge in [0.2, 0.25) is 0 Å². The number of piperidine rings is 1. The summed E-state index contributed by atoms with van der Waals surface area (Å²) in [5.74, 6) is 0.260. The number of hydrogen-bond donors (Lipinski definition) is 2. The molecule has 0 saturated carbocycles. The molecular weight excluding hydrogens is 344 g/mol. The van der Waals surface area contributed by atoms with Crippen LogP contribution in [0.4, 0.5) is 0 Å². The first kappa shape index (κ1) is 16.7. The van der Waals surface area contributed by atoms with Crippen molar-refractivity contribution in [2.24, 2.45) is 11.8 Å². The molecule has 5 rings (SSSR count). The van der Waals surface area contributed by atoms with Crippen molar-refractivity contribution in [1.29, 1.82) is 0 Å². The SMILES string of the molecule is COc1ccc2[nH]c3c(c2c1)CCN1C[C@H]2[C@H](C)OC=C(C(=O)O)[C@H]2C[C@@H]31. The average molecular weight is 368 g/mol. The zero-order valence-corrected chi connectivity index (χ0v) is 15.6. The van der Waals surface area contributed by atoms with E-state index in [2.05, 4.69) is 28.9 Å². The molecule has 27 heavy (non-hydrogen) atoms. The number of aromatic nitrogens is 1. The second-order valence-electron chi connectivity index (χ2n) is 7.92. The number of nitrogens with one attached hydrogen (secondary N) is 1. The highest BCUT2D eigenvalue weighted by molar-refractivity contribution is 5.88. The van der Waals surface area contributed by atoms with Crippen LogP contribution in [0.25, 0.3) is 10.9 Å². The molecule has 1 aromatic carbocycles. The van der Waals surface area contributed by atoms with E-state index in [1.54, 1.807) is 7.11 Å². The lowest BCUT2D eigenvalue weighted by molar-refractivity contribution is -0.135. The van der Waals surface area contributed by atoms with Gasteiger partial charge in [-0.2, -0.15) is 0 Å². The molecule has 3 aliphatic heterocycles. The topological polar surface area (TPSA) is 74.8 Å². The number of hydrogen-bond acceptors (Lipinski definition) is 4. The molecule has 1 fully saturated rings. The monoisotopic (exact) mass is 368 g/mol. The molecule has 1 saturated heterocycles. The standard InChI is InChI=1S/C21H24N2O4/c1-11-16-9-23-6-5-13-15-7-12(26-2)3-4-18(15)22-20(13)19(23)8-14(16)17(10-27-11)21(24)25/h3-4,7,10-11,14,16,19,22H,5-6,8-9H2,1-2H3,(H,24,25)/t11-,14-,16-,19-/m0/s1. The third-order valence-corrected chi connectivity index (χ3v) is 6.67. The summed E-state index contributed by atoms with van der Waals surface area (Å²) in [5.41, 5.74) is 4.14. The Labute approximate surface area is 157 Å². The predicted molar refractivity (Wildman–Crippen MR) is 101 cm³/mol. The van der Waals surface area contributed by atoms with Crippen molar-refractivity contribution in [2.45, 2.75) is 31.9 Å². The van der Waals surface area contributed by atoms with E-state index in [9.17, 15) is 9.90 Å². The zero-order valence-electron chi connectivity index (χ0n) is 15.6. The van der Waals surface area contributed by atoms with E-state index in [0.717, 1.165) is 37.2 Å². The molecule has 1 aromatic heterocycles. The van der Waals surface area contributed by atoms with Gasteiger partial charge in [0.25, 0.3) is 0 Å². The molecular formula is C21H24N2O4. The first-order valence-electron chi connectivity index (χ1n) is 9.58. The van der Waals surface area contributed by atoms with Gasteiger partial charge in [0.1, 0.15) is 5.75 Å². The Balaban J connectivity index is 1.56. The highest BCUT2D eigenvalue weighted by atomic mass is 16.5. The second kappa shape index (κ2) is 6.02. The van der Waals surface area contributed by atoms with Gasteiger partial charge in [-0.15, -0.1) is 0 Å². The maximum atomic E-state index is 11.7. The van der Waals surface area contributed by atoms with Crippen LogP contribution in [0.3, 0.4) is 0 Å². The van der Waals surface area contributed by atoms with Crippen molar-refractivity contribution in [3.05, 3.63) is 41.3 Å². The highest BCUT2D eigenvalue weighted by Gasteiger charge is 2.46. The van der Waals surface area contributed by atoms with Crippen molar-refractivity contribution >= 4 is 16.9 Å². The highest BCUT2D eigenvalue weighted by Crippen LogP contribution is 2.47. The molecule has 0 spiro atoms. The van der Waals surface area contributed by atoms with E-state index >= 15 is 0 Å². The van der Waals surface area contributed by atoms with Gasteiger partial charge >= 0.3 is 5.97 Å². The van der Waals surface area contributed by atoms with Crippen LogP contribution in [0, 0.1) is 11.8 Å². The Hall–Kier alpha value is -2.47. The Kier molecular flexibility index (Phi) is 3.72. The summed E-state index contributed by atoms with van der Waals surface area (Å²) in [6.45, 7) is 3.92. The molecule has 2 aromatic rings. The fourth-order valence-electron chi connectivity index (χ4n) is 5.23. The lowest BCUT2D eigenvalue weighted by Gasteiger charge is -2.49. The van der Waals surface area contributed by atoms with E-state index in [1.807, 2.05) is 6.07 Å². The fourth-order valence-corrected chi connectivity index (χ4v) is 5.23. The largest absolute Gasteiger partial charge is 0.497 e. The third kappa shape index (κ3) is 2.46. The molecule has 4 atom stereocenters. The van der Waals surface area contributed by atoms with Gasteiger partial charge in [-0.3, -0.25) is 4.90 Å². The van der Waals surface area contributed by atoms with Gasteiger partial charge in [-0.1, -0.05) is 0 Å². The number of nitrogens with zero attached hydrogens (tertiary/aromatic N) is 1. The molecule has 142 valence electrons. The fraction of sp³-hybridized carbons (Fsp3) is 0.476. The van der Waals surface area contributed by atoms with E-state index in [4.69, 9.17) is 9.47 Å². The summed E-state index contributed by atoms with van der Waals surface area (Å²) in [4.78, 5) is 17.9. The number of carboxylic acids is 1.